The van der Waals surface area contributed by atoms with E-state index < -0.39 is 32.4 Å². The van der Waals surface area contributed by atoms with E-state index in [1.54, 1.807) is 30.3 Å². The molecule has 1 N–H and O–H groups in total. The number of carbonyl (C=O) groups is 1. The molecular formula is C29H31F3N2O3S. The predicted octanol–water partition coefficient (Wildman–Crippen LogP) is 5.73. The molecule has 0 aromatic heterocycles. The van der Waals surface area contributed by atoms with Gasteiger partial charge in [0.15, 0.2) is 17.5 Å². The first-order valence-corrected chi connectivity index (χ1v) is 14.1. The highest BCUT2D eigenvalue weighted by Crippen LogP contribution is 2.32. The number of amides is 1. The predicted molar refractivity (Wildman–Crippen MR) is 139 cm³/mol. The van der Waals surface area contributed by atoms with Crippen LogP contribution in [-0.2, 0) is 27.9 Å². The second kappa shape index (κ2) is 12.1. The van der Waals surface area contributed by atoms with Crippen LogP contribution in [0.1, 0.15) is 42.4 Å². The Balaban J connectivity index is 1.43. The summed E-state index contributed by atoms with van der Waals surface area (Å²) in [5.74, 6) is -5.25. The topological polar surface area (TPSA) is 66.5 Å². The summed E-state index contributed by atoms with van der Waals surface area (Å²) in [5.41, 5.74) is 2.85. The van der Waals surface area contributed by atoms with Crippen molar-refractivity contribution in [3.8, 4) is 0 Å². The number of aryl methyl sites for hydroxylation is 1. The van der Waals surface area contributed by atoms with E-state index in [-0.39, 0.29) is 30.8 Å². The third-order valence-corrected chi connectivity index (χ3v) is 8.92. The Hall–Kier alpha value is -3.17. The molecule has 0 radical (unpaired) electrons. The molecule has 38 heavy (non-hydrogen) atoms. The van der Waals surface area contributed by atoms with Gasteiger partial charge in [-0.15, -0.1) is 0 Å². The largest absolute Gasteiger partial charge is 0.352 e. The average Bonchev–Trinajstić information content (AvgIpc) is 2.91. The molecule has 1 fully saturated rings. The number of nitrogens with zero attached hydrogens (tertiary/aromatic N) is 1. The van der Waals surface area contributed by atoms with Crippen LogP contribution >= 0.6 is 0 Å². The third kappa shape index (κ3) is 6.63. The molecule has 1 aliphatic carbocycles. The van der Waals surface area contributed by atoms with Gasteiger partial charge in [-0.05, 0) is 61.8 Å². The molecule has 3 aromatic rings. The van der Waals surface area contributed by atoms with Crippen LogP contribution in [0.25, 0.3) is 0 Å². The minimum Gasteiger partial charge on any atom is -0.352 e. The maximum absolute atomic E-state index is 14.5. The summed E-state index contributed by atoms with van der Waals surface area (Å²) in [4.78, 5) is 11.8. The van der Waals surface area contributed by atoms with Crippen molar-refractivity contribution in [2.75, 3.05) is 6.54 Å². The van der Waals surface area contributed by atoms with Crippen LogP contribution in [0.5, 0.6) is 0 Å². The Morgan fingerprint density at radius 1 is 0.868 bits per heavy atom. The minimum atomic E-state index is -4.47. The summed E-state index contributed by atoms with van der Waals surface area (Å²) in [6.07, 6.45) is 2.43. The van der Waals surface area contributed by atoms with Crippen LogP contribution < -0.4 is 5.32 Å². The lowest BCUT2D eigenvalue weighted by Crippen LogP contribution is -2.38. The van der Waals surface area contributed by atoms with Gasteiger partial charge in [-0.2, -0.15) is 4.31 Å². The maximum atomic E-state index is 14.5. The summed E-state index contributed by atoms with van der Waals surface area (Å²) in [6.45, 7) is 2.48. The van der Waals surface area contributed by atoms with Crippen molar-refractivity contribution in [3.05, 3.63) is 101 Å². The molecule has 0 saturated heterocycles. The molecule has 0 atom stereocenters. The number of sulfonamides is 1. The van der Waals surface area contributed by atoms with E-state index in [1.165, 1.54) is 0 Å². The highest BCUT2D eigenvalue weighted by atomic mass is 32.2. The Morgan fingerprint density at radius 2 is 1.53 bits per heavy atom. The van der Waals surface area contributed by atoms with Crippen LogP contribution in [0, 0.1) is 36.2 Å². The molecule has 9 heteroatoms. The van der Waals surface area contributed by atoms with Crippen LogP contribution in [0.3, 0.4) is 0 Å². The minimum absolute atomic E-state index is 0.0263. The first-order chi connectivity index (χ1) is 18.1. The van der Waals surface area contributed by atoms with Crippen molar-refractivity contribution in [2.24, 2.45) is 11.8 Å². The van der Waals surface area contributed by atoms with Gasteiger partial charge in [0.1, 0.15) is 4.90 Å². The first kappa shape index (κ1) is 27.9. The van der Waals surface area contributed by atoms with Crippen molar-refractivity contribution in [3.63, 3.8) is 0 Å². The summed E-state index contributed by atoms with van der Waals surface area (Å²) in [5, 5.41) is 2.99. The number of hydrogen-bond donors (Lipinski definition) is 1. The standard InChI is InChI=1S/C29H31F3N2O3S/c1-20-7-9-21(10-8-20)17-33-29(35)24-13-11-23(12-14-24)19-34(18-22-5-3-2-4-6-22)38(36,37)26-16-15-25(30)27(31)28(26)32/h2-10,15-16,23-24H,11-14,17-19H2,1H3,(H,33,35). The highest BCUT2D eigenvalue weighted by molar-refractivity contribution is 7.89. The fraction of sp³-hybridized carbons (Fsp3) is 0.345. The number of nitrogens with one attached hydrogen (secondary N) is 1. The van der Waals surface area contributed by atoms with Gasteiger partial charge in [-0.25, -0.2) is 21.6 Å². The van der Waals surface area contributed by atoms with Crippen molar-refractivity contribution in [2.45, 2.75) is 50.6 Å². The zero-order chi connectivity index (χ0) is 27.3. The SMILES string of the molecule is Cc1ccc(CNC(=O)C2CCC(CN(Cc3ccccc3)S(=O)(=O)c3ccc(F)c(F)c3F)CC2)cc1. The van der Waals surface area contributed by atoms with Crippen LogP contribution in [-0.4, -0.2) is 25.2 Å². The van der Waals surface area contributed by atoms with Gasteiger partial charge in [-0.3, -0.25) is 4.79 Å². The van der Waals surface area contributed by atoms with Gasteiger partial charge in [0.2, 0.25) is 15.9 Å². The third-order valence-electron chi connectivity index (χ3n) is 7.09. The van der Waals surface area contributed by atoms with Crippen LogP contribution in [0.15, 0.2) is 71.6 Å². The number of rotatable bonds is 9. The molecule has 1 amide bonds. The van der Waals surface area contributed by atoms with Gasteiger partial charge in [-0.1, -0.05) is 60.2 Å². The summed E-state index contributed by atoms with van der Waals surface area (Å²) in [6, 6.07) is 18.1. The summed E-state index contributed by atoms with van der Waals surface area (Å²) < 4.78 is 69.9. The smallest absolute Gasteiger partial charge is 0.246 e. The lowest BCUT2D eigenvalue weighted by atomic mass is 9.81. The van der Waals surface area contributed by atoms with Crippen molar-refractivity contribution >= 4 is 15.9 Å². The van der Waals surface area contributed by atoms with Gasteiger partial charge in [0, 0.05) is 25.6 Å². The van der Waals surface area contributed by atoms with E-state index in [1.807, 2.05) is 31.2 Å². The zero-order valence-electron chi connectivity index (χ0n) is 21.2. The lowest BCUT2D eigenvalue weighted by molar-refractivity contribution is -0.126. The van der Waals surface area contributed by atoms with E-state index in [0.29, 0.717) is 43.9 Å². The Kier molecular flexibility index (Phi) is 8.89. The fourth-order valence-corrected chi connectivity index (χ4v) is 6.38. The van der Waals surface area contributed by atoms with Gasteiger partial charge < -0.3 is 5.32 Å². The molecule has 0 unspecified atom stereocenters. The fourth-order valence-electron chi connectivity index (χ4n) is 4.82. The molecule has 0 bridgehead atoms. The molecule has 5 nitrogen and oxygen atoms in total. The maximum Gasteiger partial charge on any atom is 0.246 e. The van der Waals surface area contributed by atoms with Crippen LogP contribution in [0.4, 0.5) is 13.2 Å². The zero-order valence-corrected chi connectivity index (χ0v) is 22.0. The quantitative estimate of drug-likeness (QED) is 0.350. The molecule has 0 aliphatic heterocycles. The van der Waals surface area contributed by atoms with E-state index in [2.05, 4.69) is 5.32 Å². The molecule has 1 aliphatic rings. The Bertz CT molecular complexity index is 1360. The molecule has 4 rings (SSSR count). The first-order valence-electron chi connectivity index (χ1n) is 12.7. The molecule has 3 aromatic carbocycles. The number of carbonyl (C=O) groups excluding carboxylic acids is 1. The number of halogens is 3. The van der Waals surface area contributed by atoms with E-state index in [9.17, 15) is 26.4 Å². The monoisotopic (exact) mass is 544 g/mol. The van der Waals surface area contributed by atoms with Gasteiger partial charge in [0.05, 0.1) is 0 Å². The van der Waals surface area contributed by atoms with E-state index in [4.69, 9.17) is 0 Å². The molecular weight excluding hydrogens is 513 g/mol. The highest BCUT2D eigenvalue weighted by Gasteiger charge is 2.34. The number of hydrogen-bond acceptors (Lipinski definition) is 3. The second-order valence-electron chi connectivity index (χ2n) is 9.88. The Labute approximate surface area is 221 Å². The Morgan fingerprint density at radius 3 is 2.18 bits per heavy atom. The normalized spacial score (nSPS) is 17.9. The van der Waals surface area contributed by atoms with Crippen LogP contribution in [0.2, 0.25) is 0 Å². The molecule has 202 valence electrons. The van der Waals surface area contributed by atoms with Crippen molar-refractivity contribution < 1.29 is 26.4 Å². The van der Waals surface area contributed by atoms with E-state index in [0.717, 1.165) is 21.5 Å². The summed E-state index contributed by atoms with van der Waals surface area (Å²) in [7, 11) is -4.47. The molecule has 0 spiro atoms. The lowest BCUT2D eigenvalue weighted by Gasteiger charge is -2.32. The number of benzene rings is 3. The molecule has 1 saturated carbocycles. The summed E-state index contributed by atoms with van der Waals surface area (Å²) >= 11 is 0. The van der Waals surface area contributed by atoms with Crippen molar-refractivity contribution in [1.82, 2.24) is 9.62 Å². The van der Waals surface area contributed by atoms with Gasteiger partial charge >= 0.3 is 0 Å². The van der Waals surface area contributed by atoms with E-state index >= 15 is 0 Å². The van der Waals surface area contributed by atoms with Gasteiger partial charge in [0.25, 0.3) is 0 Å². The van der Waals surface area contributed by atoms with Crippen molar-refractivity contribution in [1.29, 1.82) is 0 Å². The second-order valence-corrected chi connectivity index (χ2v) is 11.8. The molecule has 0 heterocycles. The average molecular weight is 545 g/mol.